The van der Waals surface area contributed by atoms with E-state index in [0.29, 0.717) is 13.1 Å². The Labute approximate surface area is 89.3 Å². The lowest BCUT2D eigenvalue weighted by atomic mass is 10.3. The second kappa shape index (κ2) is 6.08. The van der Waals surface area contributed by atoms with Crippen molar-refractivity contribution in [1.29, 1.82) is 0 Å². The van der Waals surface area contributed by atoms with E-state index in [1.165, 1.54) is 6.33 Å². The summed E-state index contributed by atoms with van der Waals surface area (Å²) in [5.41, 5.74) is 0.877. The zero-order chi connectivity index (χ0) is 11.1. The minimum atomic E-state index is -0.000874. The molecule has 5 heteroatoms. The van der Waals surface area contributed by atoms with Crippen molar-refractivity contribution >= 4 is 5.91 Å². The van der Waals surface area contributed by atoms with E-state index in [1.807, 2.05) is 19.9 Å². The Kier molecular flexibility index (Phi) is 4.70. The van der Waals surface area contributed by atoms with E-state index < -0.39 is 0 Å². The summed E-state index contributed by atoms with van der Waals surface area (Å²) in [5.74, 6) is -0.000874. The van der Waals surface area contributed by atoms with E-state index in [1.54, 1.807) is 6.20 Å². The minimum absolute atomic E-state index is 0.000874. The van der Waals surface area contributed by atoms with E-state index >= 15 is 0 Å². The molecule has 1 rings (SSSR count). The molecule has 1 heterocycles. The molecule has 0 aromatic carbocycles. The molecule has 0 saturated heterocycles. The van der Waals surface area contributed by atoms with Gasteiger partial charge in [0.2, 0.25) is 5.91 Å². The average molecular weight is 208 g/mol. The highest BCUT2D eigenvalue weighted by Crippen LogP contribution is 1.88. The Morgan fingerprint density at radius 1 is 1.53 bits per heavy atom. The van der Waals surface area contributed by atoms with Crippen molar-refractivity contribution in [3.05, 3.63) is 24.3 Å². The summed E-state index contributed by atoms with van der Waals surface area (Å²) in [7, 11) is 0. The monoisotopic (exact) mass is 208 g/mol. The van der Waals surface area contributed by atoms with Crippen LogP contribution < -0.4 is 10.6 Å². The maximum Gasteiger partial charge on any atom is 0.234 e. The summed E-state index contributed by atoms with van der Waals surface area (Å²) >= 11 is 0. The van der Waals surface area contributed by atoms with Crippen LogP contribution in [0.2, 0.25) is 0 Å². The Morgan fingerprint density at radius 2 is 2.33 bits per heavy atom. The number of rotatable bonds is 5. The third-order valence-electron chi connectivity index (χ3n) is 1.68. The number of carbonyl (C=O) groups is 1. The van der Waals surface area contributed by atoms with Gasteiger partial charge >= 0.3 is 0 Å². The number of aromatic nitrogens is 2. The Balaban J connectivity index is 2.19. The quantitative estimate of drug-likeness (QED) is 0.719. The second-order valence-electron chi connectivity index (χ2n) is 3.53. The van der Waals surface area contributed by atoms with Gasteiger partial charge in [0, 0.05) is 18.8 Å². The Morgan fingerprint density at radius 3 is 2.93 bits per heavy atom. The molecule has 0 aliphatic rings. The molecule has 0 saturated carbocycles. The van der Waals surface area contributed by atoms with Crippen LogP contribution in [0.25, 0.3) is 0 Å². The SMILES string of the molecule is CC(C)NC(=O)CNCc1ccncn1. The molecule has 0 atom stereocenters. The largest absolute Gasteiger partial charge is 0.353 e. The van der Waals surface area contributed by atoms with Crippen molar-refractivity contribution in [3.63, 3.8) is 0 Å². The van der Waals surface area contributed by atoms with Gasteiger partial charge in [-0.25, -0.2) is 9.97 Å². The van der Waals surface area contributed by atoms with E-state index in [4.69, 9.17) is 0 Å². The summed E-state index contributed by atoms with van der Waals surface area (Å²) < 4.78 is 0. The Hall–Kier alpha value is -1.49. The molecular formula is C10H16N4O. The van der Waals surface area contributed by atoms with Crippen LogP contribution in [0.3, 0.4) is 0 Å². The first kappa shape index (κ1) is 11.6. The van der Waals surface area contributed by atoms with Gasteiger partial charge in [-0.05, 0) is 19.9 Å². The molecule has 0 spiro atoms. The zero-order valence-electron chi connectivity index (χ0n) is 9.03. The highest BCUT2D eigenvalue weighted by Gasteiger charge is 2.02. The Bertz CT molecular complexity index is 300. The molecular weight excluding hydrogens is 192 g/mol. The molecule has 15 heavy (non-hydrogen) atoms. The molecule has 1 amide bonds. The number of nitrogens with one attached hydrogen (secondary N) is 2. The van der Waals surface area contributed by atoms with E-state index in [2.05, 4.69) is 20.6 Å². The fourth-order valence-corrected chi connectivity index (χ4v) is 1.10. The van der Waals surface area contributed by atoms with E-state index in [0.717, 1.165) is 5.69 Å². The lowest BCUT2D eigenvalue weighted by molar-refractivity contribution is -0.120. The van der Waals surface area contributed by atoms with Crippen LogP contribution in [0.4, 0.5) is 0 Å². The van der Waals surface area contributed by atoms with Crippen molar-refractivity contribution in [2.45, 2.75) is 26.4 Å². The van der Waals surface area contributed by atoms with Crippen LogP contribution >= 0.6 is 0 Å². The number of carbonyl (C=O) groups excluding carboxylic acids is 1. The minimum Gasteiger partial charge on any atom is -0.353 e. The van der Waals surface area contributed by atoms with Gasteiger partial charge < -0.3 is 10.6 Å². The fraction of sp³-hybridized carbons (Fsp3) is 0.500. The van der Waals surface area contributed by atoms with Gasteiger partial charge in [0.1, 0.15) is 6.33 Å². The van der Waals surface area contributed by atoms with Gasteiger partial charge in [-0.15, -0.1) is 0 Å². The molecule has 0 fully saturated rings. The van der Waals surface area contributed by atoms with Crippen molar-refractivity contribution in [1.82, 2.24) is 20.6 Å². The lowest BCUT2D eigenvalue weighted by Gasteiger charge is -2.08. The standard InChI is InChI=1S/C10H16N4O/c1-8(2)14-10(15)6-12-5-9-3-4-11-7-13-9/h3-4,7-8,12H,5-6H2,1-2H3,(H,14,15). The van der Waals surface area contributed by atoms with E-state index in [-0.39, 0.29) is 11.9 Å². The van der Waals surface area contributed by atoms with Gasteiger partial charge in [0.25, 0.3) is 0 Å². The third-order valence-corrected chi connectivity index (χ3v) is 1.68. The highest BCUT2D eigenvalue weighted by molar-refractivity contribution is 5.78. The fourth-order valence-electron chi connectivity index (χ4n) is 1.10. The first-order valence-corrected chi connectivity index (χ1v) is 4.93. The molecule has 1 aromatic rings. The van der Waals surface area contributed by atoms with Crippen LogP contribution in [0, 0.1) is 0 Å². The summed E-state index contributed by atoms with van der Waals surface area (Å²) in [4.78, 5) is 19.1. The maximum absolute atomic E-state index is 11.2. The van der Waals surface area contributed by atoms with Crippen LogP contribution in [0.15, 0.2) is 18.6 Å². The molecule has 0 bridgehead atoms. The van der Waals surface area contributed by atoms with Crippen LogP contribution in [-0.2, 0) is 11.3 Å². The molecule has 1 aromatic heterocycles. The highest BCUT2D eigenvalue weighted by atomic mass is 16.1. The normalized spacial score (nSPS) is 10.3. The summed E-state index contributed by atoms with van der Waals surface area (Å²) in [6, 6.07) is 1.99. The predicted octanol–water partition coefficient (Wildman–Crippen LogP) is 0.0908. The average Bonchev–Trinajstić information content (AvgIpc) is 2.18. The lowest BCUT2D eigenvalue weighted by Crippen LogP contribution is -2.37. The topological polar surface area (TPSA) is 66.9 Å². The van der Waals surface area contributed by atoms with Crippen molar-refractivity contribution < 1.29 is 4.79 Å². The van der Waals surface area contributed by atoms with Crippen molar-refractivity contribution in [2.24, 2.45) is 0 Å². The van der Waals surface area contributed by atoms with Crippen LogP contribution in [-0.4, -0.2) is 28.5 Å². The van der Waals surface area contributed by atoms with Crippen LogP contribution in [0.1, 0.15) is 19.5 Å². The van der Waals surface area contributed by atoms with Crippen molar-refractivity contribution in [3.8, 4) is 0 Å². The van der Waals surface area contributed by atoms with Crippen LogP contribution in [0.5, 0.6) is 0 Å². The first-order valence-electron chi connectivity index (χ1n) is 4.93. The molecule has 82 valence electrons. The molecule has 2 N–H and O–H groups in total. The maximum atomic E-state index is 11.2. The summed E-state index contributed by atoms with van der Waals surface area (Å²) in [5, 5.41) is 5.80. The van der Waals surface area contributed by atoms with Crippen molar-refractivity contribution in [2.75, 3.05) is 6.54 Å². The third kappa shape index (κ3) is 5.07. The molecule has 0 aliphatic heterocycles. The van der Waals surface area contributed by atoms with Gasteiger partial charge in [-0.3, -0.25) is 4.79 Å². The number of hydrogen-bond donors (Lipinski definition) is 2. The summed E-state index contributed by atoms with van der Waals surface area (Å²) in [6.45, 7) is 4.75. The molecule has 0 unspecified atom stereocenters. The number of nitrogens with zero attached hydrogens (tertiary/aromatic N) is 2. The van der Waals surface area contributed by atoms with Gasteiger partial charge in [-0.2, -0.15) is 0 Å². The smallest absolute Gasteiger partial charge is 0.234 e. The number of amides is 1. The predicted molar refractivity (Wildman–Crippen MR) is 57.0 cm³/mol. The molecule has 5 nitrogen and oxygen atoms in total. The molecule has 0 aliphatic carbocycles. The van der Waals surface area contributed by atoms with Gasteiger partial charge in [0.05, 0.1) is 12.2 Å². The zero-order valence-corrected chi connectivity index (χ0v) is 9.03. The second-order valence-corrected chi connectivity index (χ2v) is 3.53. The summed E-state index contributed by atoms with van der Waals surface area (Å²) in [6.07, 6.45) is 3.17. The molecule has 0 radical (unpaired) electrons. The van der Waals surface area contributed by atoms with Gasteiger partial charge in [-0.1, -0.05) is 0 Å². The first-order chi connectivity index (χ1) is 7.18. The number of hydrogen-bond acceptors (Lipinski definition) is 4. The van der Waals surface area contributed by atoms with Gasteiger partial charge in [0.15, 0.2) is 0 Å². The van der Waals surface area contributed by atoms with E-state index in [9.17, 15) is 4.79 Å².